The Balaban J connectivity index is 2.56. The first-order valence-electron chi connectivity index (χ1n) is 4.70. The minimum atomic E-state index is 1.20. The zero-order chi connectivity index (χ0) is 10.2. The van der Waals surface area contributed by atoms with Gasteiger partial charge in [-0.25, -0.2) is 0 Å². The predicted molar refractivity (Wildman–Crippen MR) is 63.5 cm³/mol. The Morgan fingerprint density at radius 1 is 1.14 bits per heavy atom. The third-order valence-corrected chi connectivity index (χ3v) is 1.77. The number of aryl methyl sites for hydroxylation is 1. The van der Waals surface area contributed by atoms with Crippen molar-refractivity contribution in [1.29, 1.82) is 0 Å². The Kier molecular flexibility index (Phi) is 4.42. The van der Waals surface area contributed by atoms with Crippen LogP contribution in [0.15, 0.2) is 47.6 Å². The van der Waals surface area contributed by atoms with Crippen molar-refractivity contribution in [3.05, 3.63) is 53.7 Å². The Labute approximate surface area is 85.5 Å². The van der Waals surface area contributed by atoms with Gasteiger partial charge in [-0.3, -0.25) is 4.99 Å². The zero-order valence-corrected chi connectivity index (χ0v) is 8.64. The molecule has 0 unspecified atom stereocenters. The van der Waals surface area contributed by atoms with Gasteiger partial charge in [0.15, 0.2) is 0 Å². The normalized spacial score (nSPS) is 12.1. The molecular weight excluding hydrogens is 170 g/mol. The number of nitrogens with zero attached hydrogens (tertiary/aromatic N) is 1. The molecule has 0 amide bonds. The van der Waals surface area contributed by atoms with Crippen LogP contribution in [-0.4, -0.2) is 6.21 Å². The van der Waals surface area contributed by atoms with Crippen LogP contribution in [-0.2, 0) is 0 Å². The largest absolute Gasteiger partial charge is 0.265 e. The molecule has 0 atom stereocenters. The molecule has 0 N–H and O–H groups in total. The summed E-state index contributed by atoms with van der Waals surface area (Å²) in [6.45, 7) is 4.03. The van der Waals surface area contributed by atoms with E-state index < -0.39 is 0 Å². The molecule has 72 valence electrons. The van der Waals surface area contributed by atoms with Gasteiger partial charge in [-0.05, 0) is 25.5 Å². The fourth-order valence-electron chi connectivity index (χ4n) is 1.02. The van der Waals surface area contributed by atoms with Crippen molar-refractivity contribution in [2.45, 2.75) is 13.8 Å². The molecule has 0 saturated heterocycles. The highest BCUT2D eigenvalue weighted by molar-refractivity contribution is 5.78. The Bertz CT molecular complexity index is 342. The van der Waals surface area contributed by atoms with E-state index in [1.165, 1.54) is 11.1 Å². The van der Waals surface area contributed by atoms with Crippen molar-refractivity contribution in [2.24, 2.45) is 4.99 Å². The smallest absolute Gasteiger partial charge is 0.0267 e. The van der Waals surface area contributed by atoms with Crippen molar-refractivity contribution in [3.63, 3.8) is 0 Å². The van der Waals surface area contributed by atoms with Crippen LogP contribution in [0.2, 0.25) is 0 Å². The number of hydrogen-bond donors (Lipinski definition) is 0. The summed E-state index contributed by atoms with van der Waals surface area (Å²) in [6.07, 6.45) is 9.41. The van der Waals surface area contributed by atoms with Crippen LogP contribution < -0.4 is 0 Å². The molecule has 0 spiro atoms. The van der Waals surface area contributed by atoms with Crippen LogP contribution in [0.1, 0.15) is 18.1 Å². The molecule has 1 heteroatoms. The number of allylic oxidation sites excluding steroid dienone is 2. The van der Waals surface area contributed by atoms with E-state index in [9.17, 15) is 0 Å². The summed E-state index contributed by atoms with van der Waals surface area (Å²) >= 11 is 0. The van der Waals surface area contributed by atoms with Crippen molar-refractivity contribution < 1.29 is 0 Å². The first-order valence-corrected chi connectivity index (χ1v) is 4.70. The molecule has 0 aliphatic rings. The number of benzene rings is 1. The summed E-state index contributed by atoms with van der Waals surface area (Å²) in [5.74, 6) is 0. The molecule has 0 aliphatic heterocycles. The lowest BCUT2D eigenvalue weighted by Crippen LogP contribution is -1.73. The maximum atomic E-state index is 4.03. The lowest BCUT2D eigenvalue weighted by atomic mass is 10.1. The summed E-state index contributed by atoms with van der Waals surface area (Å²) < 4.78 is 0. The summed E-state index contributed by atoms with van der Waals surface area (Å²) in [5, 5.41) is 0. The number of rotatable bonds is 3. The van der Waals surface area contributed by atoms with E-state index in [0.717, 1.165) is 0 Å². The Hall–Kier alpha value is -1.63. The van der Waals surface area contributed by atoms with Gasteiger partial charge in [0.05, 0.1) is 0 Å². The molecule has 0 aliphatic carbocycles. The van der Waals surface area contributed by atoms with Crippen LogP contribution >= 0.6 is 0 Å². The monoisotopic (exact) mass is 185 g/mol. The van der Waals surface area contributed by atoms with Gasteiger partial charge in [0.1, 0.15) is 0 Å². The second kappa shape index (κ2) is 5.92. The molecule has 0 fully saturated rings. The summed E-state index contributed by atoms with van der Waals surface area (Å²) in [6, 6.07) is 8.39. The number of aliphatic imine (C=N–C) groups is 1. The molecule has 0 radical (unpaired) electrons. The third-order valence-electron chi connectivity index (χ3n) is 1.77. The minimum Gasteiger partial charge on any atom is -0.265 e. The predicted octanol–water partition coefficient (Wildman–Crippen LogP) is 3.61. The fraction of sp³-hybridized carbons (Fsp3) is 0.154. The molecule has 0 aromatic heterocycles. The quantitative estimate of drug-likeness (QED) is 0.638. The average Bonchev–Trinajstić information content (AvgIpc) is 2.21. The van der Waals surface area contributed by atoms with Crippen LogP contribution in [0.5, 0.6) is 0 Å². The molecule has 0 heterocycles. The second-order valence-electron chi connectivity index (χ2n) is 3.05. The van der Waals surface area contributed by atoms with Gasteiger partial charge in [-0.1, -0.05) is 42.0 Å². The number of hydrogen-bond acceptors (Lipinski definition) is 1. The Morgan fingerprint density at radius 3 is 2.50 bits per heavy atom. The van der Waals surface area contributed by atoms with Gasteiger partial charge in [-0.2, -0.15) is 0 Å². The first-order chi connectivity index (χ1) is 6.83. The SMILES string of the molecule is C/C=C/N=C\C=C/c1ccc(C)cc1. The van der Waals surface area contributed by atoms with Gasteiger partial charge in [0.2, 0.25) is 0 Å². The molecule has 0 saturated carbocycles. The van der Waals surface area contributed by atoms with Gasteiger partial charge < -0.3 is 0 Å². The van der Waals surface area contributed by atoms with E-state index in [2.05, 4.69) is 36.2 Å². The summed E-state index contributed by atoms with van der Waals surface area (Å²) in [7, 11) is 0. The highest BCUT2D eigenvalue weighted by atomic mass is 14.6. The standard InChI is InChI=1S/C13H15N/c1-3-10-14-11-4-5-13-8-6-12(2)7-9-13/h3-11H,1-2H3/b5-4-,10-3+,14-11-. The van der Waals surface area contributed by atoms with Crippen LogP contribution in [0.3, 0.4) is 0 Å². The lowest BCUT2D eigenvalue weighted by molar-refractivity contribution is 1.46. The molecule has 1 nitrogen and oxygen atoms in total. The molecule has 1 aromatic rings. The molecule has 0 bridgehead atoms. The highest BCUT2D eigenvalue weighted by Crippen LogP contribution is 2.04. The second-order valence-corrected chi connectivity index (χ2v) is 3.05. The minimum absolute atomic E-state index is 1.20. The molecular formula is C13H15N. The topological polar surface area (TPSA) is 12.4 Å². The van der Waals surface area contributed by atoms with Crippen LogP contribution in [0, 0.1) is 6.92 Å². The van der Waals surface area contributed by atoms with Gasteiger partial charge in [0, 0.05) is 12.4 Å². The fourth-order valence-corrected chi connectivity index (χ4v) is 1.02. The lowest BCUT2D eigenvalue weighted by Gasteiger charge is -1.92. The maximum absolute atomic E-state index is 4.03. The maximum Gasteiger partial charge on any atom is 0.0267 e. The van der Waals surface area contributed by atoms with E-state index in [1.54, 1.807) is 12.4 Å². The average molecular weight is 185 g/mol. The van der Waals surface area contributed by atoms with Crippen molar-refractivity contribution in [1.82, 2.24) is 0 Å². The Morgan fingerprint density at radius 2 is 1.86 bits per heavy atom. The van der Waals surface area contributed by atoms with Crippen LogP contribution in [0.25, 0.3) is 6.08 Å². The summed E-state index contributed by atoms with van der Waals surface area (Å²) in [4.78, 5) is 4.03. The summed E-state index contributed by atoms with van der Waals surface area (Å²) in [5.41, 5.74) is 2.48. The van der Waals surface area contributed by atoms with E-state index >= 15 is 0 Å². The van der Waals surface area contributed by atoms with Crippen molar-refractivity contribution >= 4 is 12.3 Å². The van der Waals surface area contributed by atoms with E-state index in [1.807, 2.05) is 25.2 Å². The molecule has 1 rings (SSSR count). The van der Waals surface area contributed by atoms with Crippen molar-refractivity contribution in [2.75, 3.05) is 0 Å². The van der Waals surface area contributed by atoms with E-state index in [-0.39, 0.29) is 0 Å². The van der Waals surface area contributed by atoms with E-state index in [0.29, 0.717) is 0 Å². The van der Waals surface area contributed by atoms with Gasteiger partial charge in [-0.15, -0.1) is 0 Å². The zero-order valence-electron chi connectivity index (χ0n) is 8.64. The molecule has 1 aromatic carbocycles. The first kappa shape index (κ1) is 10.5. The molecule has 14 heavy (non-hydrogen) atoms. The highest BCUT2D eigenvalue weighted by Gasteiger charge is 1.84. The van der Waals surface area contributed by atoms with E-state index in [4.69, 9.17) is 0 Å². The van der Waals surface area contributed by atoms with Gasteiger partial charge >= 0.3 is 0 Å². The third kappa shape index (κ3) is 3.85. The van der Waals surface area contributed by atoms with Gasteiger partial charge in [0.25, 0.3) is 0 Å². The van der Waals surface area contributed by atoms with Crippen molar-refractivity contribution in [3.8, 4) is 0 Å². The van der Waals surface area contributed by atoms with Crippen LogP contribution in [0.4, 0.5) is 0 Å².